The second kappa shape index (κ2) is 21.8. The monoisotopic (exact) mass is 923 g/mol. The van der Waals surface area contributed by atoms with Gasteiger partial charge >= 0.3 is 23.9 Å². The highest BCUT2D eigenvalue weighted by molar-refractivity contribution is 7.86. The molecule has 0 aromatic heterocycles. The molecule has 5 aromatic carbocycles. The second-order valence-electron chi connectivity index (χ2n) is 16.4. The number of para-hydroxylation sites is 1. The zero-order chi connectivity index (χ0) is 48.5. The van der Waals surface area contributed by atoms with E-state index in [-0.39, 0.29) is 46.1 Å². The summed E-state index contributed by atoms with van der Waals surface area (Å²) in [6.07, 6.45) is 0. The minimum absolute atomic E-state index is 0.00463. The summed E-state index contributed by atoms with van der Waals surface area (Å²) in [6.45, 7) is 9.90. The van der Waals surface area contributed by atoms with Crippen molar-refractivity contribution in [3.05, 3.63) is 109 Å². The van der Waals surface area contributed by atoms with E-state index in [4.69, 9.17) is 19.9 Å². The Kier molecular flexibility index (Phi) is 16.5. The summed E-state index contributed by atoms with van der Waals surface area (Å²) in [5.74, 6) is -11.4. The molecule has 0 saturated heterocycles. The lowest BCUT2D eigenvalue weighted by Crippen LogP contribution is -2.45. The zero-order valence-corrected chi connectivity index (χ0v) is 38.2. The van der Waals surface area contributed by atoms with Crippen molar-refractivity contribution < 1.29 is 56.6 Å². The van der Waals surface area contributed by atoms with Crippen LogP contribution in [0.1, 0.15) is 47.1 Å². The summed E-state index contributed by atoms with van der Waals surface area (Å²) in [4.78, 5) is 53.4. The number of azo groups is 2. The molecule has 0 amide bonds. The van der Waals surface area contributed by atoms with Crippen LogP contribution in [0.25, 0.3) is 10.8 Å². The Labute approximate surface area is 382 Å². The number of phenolic OH excluding ortho intramolecular Hbond substituents is 1. The van der Waals surface area contributed by atoms with Crippen LogP contribution < -0.4 is 10.5 Å². The zero-order valence-electron chi connectivity index (χ0n) is 37.4. The van der Waals surface area contributed by atoms with Gasteiger partial charge in [-0.15, -0.1) is 15.3 Å². The second-order valence-corrected chi connectivity index (χ2v) is 17.8. The molecule has 0 aliphatic rings. The van der Waals surface area contributed by atoms with Gasteiger partial charge in [-0.05, 0) is 71.0 Å². The third-order valence-electron chi connectivity index (χ3n) is 11.8. The van der Waals surface area contributed by atoms with Crippen molar-refractivity contribution in [2.24, 2.45) is 67.8 Å². The number of aromatic hydroxyl groups is 1. The molecule has 5 aromatic rings. The van der Waals surface area contributed by atoms with Crippen LogP contribution in [0.15, 0.2) is 128 Å². The smallest absolute Gasteiger partial charge is 0.314 e. The number of carbonyl (C=O) groups is 4. The number of phenols is 1. The van der Waals surface area contributed by atoms with Gasteiger partial charge in [0.2, 0.25) is 0 Å². The number of ether oxygens (including phenoxy) is 3. The molecule has 7 unspecified atom stereocenters. The first kappa shape index (κ1) is 50.0. The first-order valence-corrected chi connectivity index (χ1v) is 22.5. The molecule has 5 rings (SSSR count). The molecule has 17 nitrogen and oxygen atoms in total. The van der Waals surface area contributed by atoms with Gasteiger partial charge in [-0.3, -0.25) is 23.7 Å². The van der Waals surface area contributed by atoms with E-state index < -0.39 is 91.8 Å². The van der Waals surface area contributed by atoms with Gasteiger partial charge in [0.1, 0.15) is 28.6 Å². The van der Waals surface area contributed by atoms with Crippen molar-refractivity contribution in [1.82, 2.24) is 0 Å². The number of benzene rings is 5. The van der Waals surface area contributed by atoms with E-state index in [9.17, 15) is 42.4 Å². The summed E-state index contributed by atoms with van der Waals surface area (Å²) in [6, 6.07) is 27.4. The van der Waals surface area contributed by atoms with Crippen molar-refractivity contribution in [3.63, 3.8) is 0 Å². The van der Waals surface area contributed by atoms with Crippen LogP contribution in [0.4, 0.5) is 28.4 Å². The predicted octanol–water partition coefficient (Wildman–Crippen LogP) is 10.2. The SMILES string of the molecule is COC(=O)C(C(C)C(C(=O)OCc1ccccc1)C(C)C)C(C)C(C(=O)O)C(C)C(C)C(=O)Oc1ccccc1N=Nc1c(S(=O)(=O)O)cc2ccc(N=Nc3ccccc3)c(O)c2c1N. The van der Waals surface area contributed by atoms with E-state index in [0.717, 1.165) is 11.6 Å². The average Bonchev–Trinajstić information content (AvgIpc) is 3.27. The number of fused-ring (bicyclic) bond motifs is 1. The maximum Gasteiger partial charge on any atom is 0.314 e. The maximum atomic E-state index is 13.9. The first-order chi connectivity index (χ1) is 31.3. The molecule has 0 fully saturated rings. The highest BCUT2D eigenvalue weighted by atomic mass is 32.2. The topological polar surface area (TPSA) is 266 Å². The highest BCUT2D eigenvalue weighted by Crippen LogP contribution is 2.46. The number of hydrogen-bond donors (Lipinski definition) is 4. The van der Waals surface area contributed by atoms with Crippen molar-refractivity contribution in [3.8, 4) is 11.5 Å². The number of esters is 3. The normalized spacial score (nSPS) is 15.2. The van der Waals surface area contributed by atoms with Gasteiger partial charge in [0.15, 0.2) is 11.5 Å². The fourth-order valence-electron chi connectivity index (χ4n) is 8.24. The third-order valence-corrected chi connectivity index (χ3v) is 12.7. The van der Waals surface area contributed by atoms with Crippen LogP contribution in [-0.4, -0.2) is 54.2 Å². The molecule has 0 radical (unpaired) electrons. The molecule has 0 bridgehead atoms. The number of nitrogens with zero attached hydrogens (tertiary/aromatic N) is 4. The van der Waals surface area contributed by atoms with E-state index in [1.54, 1.807) is 51.1 Å². The minimum atomic E-state index is -4.98. The first-order valence-electron chi connectivity index (χ1n) is 21.0. The third kappa shape index (κ3) is 11.6. The molecule has 0 aliphatic heterocycles. The number of nitrogen functional groups attached to an aromatic ring is 1. The minimum Gasteiger partial charge on any atom is -0.505 e. The Morgan fingerprint density at radius 2 is 1.27 bits per heavy atom. The Bertz CT molecular complexity index is 2730. The molecule has 348 valence electrons. The van der Waals surface area contributed by atoms with Gasteiger partial charge in [0.05, 0.1) is 47.5 Å². The van der Waals surface area contributed by atoms with Gasteiger partial charge in [-0.1, -0.05) is 108 Å². The van der Waals surface area contributed by atoms with Crippen molar-refractivity contribution in [2.45, 2.75) is 53.0 Å². The van der Waals surface area contributed by atoms with Crippen LogP contribution in [0, 0.1) is 47.3 Å². The van der Waals surface area contributed by atoms with Gasteiger partial charge in [-0.2, -0.15) is 13.5 Å². The number of nitrogens with two attached hydrogens (primary N) is 1. The quantitative estimate of drug-likeness (QED) is 0.0198. The number of carboxylic acids is 1. The van der Waals surface area contributed by atoms with Crippen LogP contribution >= 0.6 is 0 Å². The largest absolute Gasteiger partial charge is 0.505 e. The number of hydrogen-bond acceptors (Lipinski definition) is 15. The van der Waals surface area contributed by atoms with Gasteiger partial charge < -0.3 is 30.2 Å². The van der Waals surface area contributed by atoms with E-state index in [2.05, 4.69) is 20.5 Å². The van der Waals surface area contributed by atoms with E-state index >= 15 is 0 Å². The van der Waals surface area contributed by atoms with Crippen molar-refractivity contribution in [2.75, 3.05) is 12.8 Å². The van der Waals surface area contributed by atoms with Gasteiger partial charge in [0.25, 0.3) is 10.1 Å². The summed E-state index contributed by atoms with van der Waals surface area (Å²) < 4.78 is 52.1. The van der Waals surface area contributed by atoms with Gasteiger partial charge in [0, 0.05) is 0 Å². The number of anilines is 1. The number of methoxy groups -OCH3 is 1. The molecule has 18 heteroatoms. The molecule has 0 heterocycles. The molecule has 0 aliphatic carbocycles. The standard InChI is InChI=1S/C48H53N5O12S/c1-26(2)38(48(59)64-25-31-16-10-8-11-17-31)29(5)40(47(58)63-7)30(6)39(45(55)56)27(3)28(4)46(57)65-36-21-15-14-20-34(36)51-53-43-37(66(60,61)62)24-32-22-23-35(44(54)41(32)42(43)49)52-50-33-18-12-9-13-19-33/h8-24,26-30,38-40,54H,25,49H2,1-7H3,(H,55,56)(H,60,61,62). The van der Waals surface area contributed by atoms with Crippen LogP contribution in [0.3, 0.4) is 0 Å². The van der Waals surface area contributed by atoms with Gasteiger partial charge in [-0.25, -0.2) is 0 Å². The summed E-state index contributed by atoms with van der Waals surface area (Å²) in [5.41, 5.74) is 6.67. The number of carboxylic acid groups (broad SMARTS) is 1. The van der Waals surface area contributed by atoms with Crippen molar-refractivity contribution in [1.29, 1.82) is 0 Å². The number of aliphatic carboxylic acids is 1. The fraction of sp³-hybridized carbons (Fsp3) is 0.333. The lowest BCUT2D eigenvalue weighted by Gasteiger charge is -2.38. The Hall–Kier alpha value is -7.05. The molecule has 5 N–H and O–H groups in total. The van der Waals surface area contributed by atoms with E-state index in [0.29, 0.717) is 5.69 Å². The molecular weight excluding hydrogens is 871 g/mol. The van der Waals surface area contributed by atoms with Crippen LogP contribution in [0.5, 0.6) is 11.5 Å². The molecule has 7 atom stereocenters. The van der Waals surface area contributed by atoms with E-state index in [1.165, 1.54) is 50.4 Å². The Morgan fingerprint density at radius 1 is 0.682 bits per heavy atom. The Balaban J connectivity index is 1.41. The predicted molar refractivity (Wildman–Crippen MR) is 245 cm³/mol. The molecular formula is C48H53N5O12S. The van der Waals surface area contributed by atoms with E-state index in [1.807, 2.05) is 44.2 Å². The number of rotatable bonds is 19. The Morgan fingerprint density at radius 3 is 1.88 bits per heavy atom. The fourth-order valence-corrected chi connectivity index (χ4v) is 8.91. The van der Waals surface area contributed by atoms with Crippen LogP contribution in [0.2, 0.25) is 0 Å². The molecule has 66 heavy (non-hydrogen) atoms. The average molecular weight is 924 g/mol. The summed E-state index contributed by atoms with van der Waals surface area (Å²) >= 11 is 0. The summed E-state index contributed by atoms with van der Waals surface area (Å²) in [5, 5.41) is 38.3. The maximum absolute atomic E-state index is 13.9. The van der Waals surface area contributed by atoms with Crippen molar-refractivity contribution >= 4 is 73.2 Å². The summed E-state index contributed by atoms with van der Waals surface area (Å²) in [7, 11) is -3.80. The molecule has 0 saturated carbocycles. The number of carbonyl (C=O) groups excluding carboxylic acids is 3. The van der Waals surface area contributed by atoms with Crippen LogP contribution in [-0.2, 0) is 45.4 Å². The lowest BCUT2D eigenvalue weighted by molar-refractivity contribution is -0.162. The highest BCUT2D eigenvalue weighted by Gasteiger charge is 2.47. The molecule has 0 spiro atoms. The lowest BCUT2D eigenvalue weighted by atomic mass is 9.65.